The SMILES string of the molecule is CCNC(=NCc1cccs1)NC1CC1c1ccccc1. The van der Waals surface area contributed by atoms with E-state index in [1.807, 2.05) is 0 Å². The highest BCUT2D eigenvalue weighted by Gasteiger charge is 2.38. The Morgan fingerprint density at radius 3 is 2.81 bits per heavy atom. The van der Waals surface area contributed by atoms with Gasteiger partial charge < -0.3 is 10.6 Å². The van der Waals surface area contributed by atoms with Gasteiger partial charge in [-0.3, -0.25) is 0 Å². The van der Waals surface area contributed by atoms with Gasteiger partial charge >= 0.3 is 0 Å². The zero-order valence-electron chi connectivity index (χ0n) is 12.3. The summed E-state index contributed by atoms with van der Waals surface area (Å²) in [4.78, 5) is 5.96. The largest absolute Gasteiger partial charge is 0.357 e. The van der Waals surface area contributed by atoms with Gasteiger partial charge in [0, 0.05) is 23.4 Å². The lowest BCUT2D eigenvalue weighted by Gasteiger charge is -2.11. The molecule has 2 atom stereocenters. The Labute approximate surface area is 130 Å². The van der Waals surface area contributed by atoms with Crippen LogP contribution < -0.4 is 10.6 Å². The second-order valence-electron chi connectivity index (χ2n) is 5.28. The molecule has 1 aliphatic rings. The molecule has 0 amide bonds. The van der Waals surface area contributed by atoms with Crippen molar-refractivity contribution in [2.75, 3.05) is 6.54 Å². The molecule has 0 spiro atoms. The average molecular weight is 299 g/mol. The Balaban J connectivity index is 1.57. The molecule has 1 aromatic heterocycles. The summed E-state index contributed by atoms with van der Waals surface area (Å²) in [7, 11) is 0. The third-order valence-electron chi connectivity index (χ3n) is 3.66. The highest BCUT2D eigenvalue weighted by Crippen LogP contribution is 2.40. The highest BCUT2D eigenvalue weighted by molar-refractivity contribution is 7.09. The third-order valence-corrected chi connectivity index (χ3v) is 4.52. The van der Waals surface area contributed by atoms with Gasteiger partial charge in [0.1, 0.15) is 0 Å². The van der Waals surface area contributed by atoms with E-state index >= 15 is 0 Å². The number of hydrogen-bond donors (Lipinski definition) is 2. The van der Waals surface area contributed by atoms with Gasteiger partial charge in [-0.15, -0.1) is 11.3 Å². The van der Waals surface area contributed by atoms with Gasteiger partial charge in [0.05, 0.1) is 6.54 Å². The predicted molar refractivity (Wildman–Crippen MR) is 89.9 cm³/mol. The normalized spacial score (nSPS) is 21.1. The zero-order chi connectivity index (χ0) is 14.5. The number of aliphatic imine (C=N–C) groups is 1. The van der Waals surface area contributed by atoms with Crippen LogP contribution in [0.5, 0.6) is 0 Å². The van der Waals surface area contributed by atoms with Crippen molar-refractivity contribution in [2.45, 2.75) is 31.8 Å². The van der Waals surface area contributed by atoms with Crippen LogP contribution in [0.1, 0.15) is 29.7 Å². The van der Waals surface area contributed by atoms with Crippen LogP contribution in [-0.4, -0.2) is 18.5 Å². The van der Waals surface area contributed by atoms with Crippen molar-refractivity contribution >= 4 is 17.3 Å². The molecule has 2 N–H and O–H groups in total. The van der Waals surface area contributed by atoms with Gasteiger partial charge in [-0.25, -0.2) is 4.99 Å². The Hall–Kier alpha value is -1.81. The minimum Gasteiger partial charge on any atom is -0.357 e. The van der Waals surface area contributed by atoms with E-state index < -0.39 is 0 Å². The molecule has 1 saturated carbocycles. The average Bonchev–Trinajstić information content (AvgIpc) is 3.08. The minimum absolute atomic E-state index is 0.508. The number of benzene rings is 1. The Kier molecular flexibility index (Phi) is 4.55. The van der Waals surface area contributed by atoms with Crippen molar-refractivity contribution in [3.8, 4) is 0 Å². The molecule has 110 valence electrons. The maximum absolute atomic E-state index is 4.67. The van der Waals surface area contributed by atoms with Crippen LogP contribution in [0.15, 0.2) is 52.8 Å². The molecule has 3 nitrogen and oxygen atoms in total. The first-order valence-corrected chi connectivity index (χ1v) is 8.37. The number of guanidine groups is 1. The smallest absolute Gasteiger partial charge is 0.191 e. The molecule has 4 heteroatoms. The van der Waals surface area contributed by atoms with E-state index in [0.717, 1.165) is 19.0 Å². The first-order chi connectivity index (χ1) is 10.4. The summed E-state index contributed by atoms with van der Waals surface area (Å²) < 4.78 is 0. The van der Waals surface area contributed by atoms with Gasteiger partial charge in [-0.05, 0) is 30.4 Å². The van der Waals surface area contributed by atoms with Crippen molar-refractivity contribution < 1.29 is 0 Å². The van der Waals surface area contributed by atoms with Crippen molar-refractivity contribution in [3.63, 3.8) is 0 Å². The van der Waals surface area contributed by atoms with Crippen LogP contribution in [0.4, 0.5) is 0 Å². The molecular weight excluding hydrogens is 278 g/mol. The molecule has 1 aliphatic carbocycles. The molecule has 2 unspecified atom stereocenters. The summed E-state index contributed by atoms with van der Waals surface area (Å²) in [6, 6.07) is 15.4. The van der Waals surface area contributed by atoms with E-state index in [1.165, 1.54) is 16.9 Å². The van der Waals surface area contributed by atoms with Crippen molar-refractivity contribution in [2.24, 2.45) is 4.99 Å². The molecule has 0 bridgehead atoms. The summed E-state index contributed by atoms with van der Waals surface area (Å²) in [5, 5.41) is 8.97. The lowest BCUT2D eigenvalue weighted by atomic mass is 10.1. The molecule has 0 aliphatic heterocycles. The van der Waals surface area contributed by atoms with Crippen LogP contribution in [-0.2, 0) is 6.54 Å². The van der Waals surface area contributed by atoms with Crippen LogP contribution in [0.25, 0.3) is 0 Å². The fourth-order valence-electron chi connectivity index (χ4n) is 2.48. The maximum Gasteiger partial charge on any atom is 0.191 e. The highest BCUT2D eigenvalue weighted by atomic mass is 32.1. The first kappa shape index (κ1) is 14.1. The Morgan fingerprint density at radius 1 is 1.24 bits per heavy atom. The molecular formula is C17H21N3S. The monoisotopic (exact) mass is 299 g/mol. The van der Waals surface area contributed by atoms with E-state index in [1.54, 1.807) is 11.3 Å². The van der Waals surface area contributed by atoms with Gasteiger partial charge in [-0.1, -0.05) is 36.4 Å². The fraction of sp³-hybridized carbons (Fsp3) is 0.353. The quantitative estimate of drug-likeness (QED) is 0.656. The van der Waals surface area contributed by atoms with E-state index in [2.05, 4.69) is 70.4 Å². The van der Waals surface area contributed by atoms with Crippen molar-refractivity contribution in [3.05, 3.63) is 58.3 Å². The van der Waals surface area contributed by atoms with Gasteiger partial charge in [0.15, 0.2) is 5.96 Å². The summed E-state index contributed by atoms with van der Waals surface area (Å²) in [6.45, 7) is 3.73. The lowest BCUT2D eigenvalue weighted by Crippen LogP contribution is -2.39. The Bertz CT molecular complexity index is 577. The molecule has 1 aromatic carbocycles. The summed E-state index contributed by atoms with van der Waals surface area (Å²) in [6.07, 6.45) is 1.19. The second kappa shape index (κ2) is 6.76. The van der Waals surface area contributed by atoms with Gasteiger partial charge in [0.25, 0.3) is 0 Å². The predicted octanol–water partition coefficient (Wildman–Crippen LogP) is 3.36. The molecule has 21 heavy (non-hydrogen) atoms. The summed E-state index contributed by atoms with van der Waals surface area (Å²) in [5.41, 5.74) is 1.42. The number of rotatable bonds is 5. The minimum atomic E-state index is 0.508. The molecule has 1 fully saturated rings. The molecule has 0 radical (unpaired) electrons. The lowest BCUT2D eigenvalue weighted by molar-refractivity contribution is 0.796. The van der Waals surface area contributed by atoms with Gasteiger partial charge in [-0.2, -0.15) is 0 Å². The van der Waals surface area contributed by atoms with Crippen LogP contribution in [0.2, 0.25) is 0 Å². The number of nitrogens with one attached hydrogen (secondary N) is 2. The first-order valence-electron chi connectivity index (χ1n) is 7.49. The fourth-order valence-corrected chi connectivity index (χ4v) is 3.11. The van der Waals surface area contributed by atoms with E-state index in [9.17, 15) is 0 Å². The number of nitrogens with zero attached hydrogens (tertiary/aromatic N) is 1. The van der Waals surface area contributed by atoms with Crippen LogP contribution >= 0.6 is 11.3 Å². The third kappa shape index (κ3) is 3.85. The number of thiophene rings is 1. The standard InChI is InChI=1S/C17H21N3S/c1-2-18-17(19-12-14-9-6-10-21-14)20-16-11-15(16)13-7-4-3-5-8-13/h3-10,15-16H,2,11-12H2,1H3,(H2,18,19,20). The molecule has 3 rings (SSSR count). The zero-order valence-corrected chi connectivity index (χ0v) is 13.1. The van der Waals surface area contributed by atoms with Crippen LogP contribution in [0.3, 0.4) is 0 Å². The van der Waals surface area contributed by atoms with E-state index in [4.69, 9.17) is 0 Å². The van der Waals surface area contributed by atoms with E-state index in [-0.39, 0.29) is 0 Å². The summed E-state index contributed by atoms with van der Waals surface area (Å²) >= 11 is 1.75. The second-order valence-corrected chi connectivity index (χ2v) is 6.31. The molecule has 1 heterocycles. The summed E-state index contributed by atoms with van der Waals surface area (Å²) in [5.74, 6) is 1.55. The maximum atomic E-state index is 4.67. The molecule has 2 aromatic rings. The topological polar surface area (TPSA) is 36.4 Å². The van der Waals surface area contributed by atoms with Crippen LogP contribution in [0, 0.1) is 0 Å². The van der Waals surface area contributed by atoms with Gasteiger partial charge in [0.2, 0.25) is 0 Å². The van der Waals surface area contributed by atoms with Crippen molar-refractivity contribution in [1.82, 2.24) is 10.6 Å². The van der Waals surface area contributed by atoms with E-state index in [0.29, 0.717) is 12.0 Å². The van der Waals surface area contributed by atoms with Crippen molar-refractivity contribution in [1.29, 1.82) is 0 Å². The number of hydrogen-bond acceptors (Lipinski definition) is 2. The Morgan fingerprint density at radius 2 is 2.10 bits per heavy atom. The molecule has 0 saturated heterocycles.